The molecule has 0 fully saturated rings. The molecule has 0 amide bonds. The third-order valence-corrected chi connectivity index (χ3v) is 7.52. The zero-order valence-electron chi connectivity index (χ0n) is 20.6. The van der Waals surface area contributed by atoms with Crippen LogP contribution >= 0.6 is 11.3 Å². The lowest BCUT2D eigenvalue weighted by atomic mass is 9.96. The van der Waals surface area contributed by atoms with Crippen LogP contribution in [0.1, 0.15) is 27.4 Å². The van der Waals surface area contributed by atoms with Crippen molar-refractivity contribution in [3.63, 3.8) is 0 Å². The highest BCUT2D eigenvalue weighted by molar-refractivity contribution is 7.11. The summed E-state index contributed by atoms with van der Waals surface area (Å²) in [5.74, 6) is 0.706. The number of aromatic amines is 2. The van der Waals surface area contributed by atoms with Gasteiger partial charge in [0.05, 0.1) is 11.2 Å². The number of thiophene rings is 1. The molecule has 5 nitrogen and oxygen atoms in total. The molecule has 1 aliphatic rings. The van der Waals surface area contributed by atoms with Gasteiger partial charge in [0.2, 0.25) is 0 Å². The predicted octanol–water partition coefficient (Wildman–Crippen LogP) is 7.05. The van der Waals surface area contributed by atoms with Gasteiger partial charge in [-0.3, -0.25) is 5.10 Å². The molecule has 0 radical (unpaired) electrons. The molecule has 0 bridgehead atoms. The number of H-pyrrole nitrogens is 2. The van der Waals surface area contributed by atoms with E-state index < -0.39 is 0 Å². The molecule has 2 N–H and O–H groups in total. The monoisotopic (exact) mass is 495 g/mol. The first-order valence-electron chi connectivity index (χ1n) is 11.9. The number of rotatable bonds is 4. The molecule has 5 aromatic rings. The molecule has 1 aliphatic carbocycles. The van der Waals surface area contributed by atoms with Gasteiger partial charge in [0, 0.05) is 47.7 Å². The summed E-state index contributed by atoms with van der Waals surface area (Å²) in [6.07, 6.45) is 6.82. The van der Waals surface area contributed by atoms with Crippen molar-refractivity contribution in [2.75, 3.05) is 19.0 Å². The third-order valence-electron chi connectivity index (χ3n) is 6.62. The van der Waals surface area contributed by atoms with Crippen LogP contribution in [0.5, 0.6) is 0 Å². The minimum absolute atomic E-state index is 0.203. The molecule has 6 rings (SSSR count). The second-order valence-electron chi connectivity index (χ2n) is 9.47. The third kappa shape index (κ3) is 3.85. The maximum Gasteiger partial charge on any atom is 0.176 e. The summed E-state index contributed by atoms with van der Waals surface area (Å²) in [5, 5.41) is 8.65. The van der Waals surface area contributed by atoms with Gasteiger partial charge in [-0.15, -0.1) is 11.3 Å². The van der Waals surface area contributed by atoms with Gasteiger partial charge >= 0.3 is 0 Å². The van der Waals surface area contributed by atoms with Crippen molar-refractivity contribution >= 4 is 33.5 Å². The first-order valence-corrected chi connectivity index (χ1v) is 12.7. The van der Waals surface area contributed by atoms with Crippen LogP contribution in [0.4, 0.5) is 10.1 Å². The number of imidazole rings is 1. The zero-order valence-corrected chi connectivity index (χ0v) is 21.4. The first kappa shape index (κ1) is 22.5. The minimum Gasteiger partial charge on any atom is -0.378 e. The zero-order chi connectivity index (χ0) is 25.0. The van der Waals surface area contributed by atoms with Gasteiger partial charge in [0.25, 0.3) is 0 Å². The molecule has 3 heterocycles. The van der Waals surface area contributed by atoms with Crippen molar-refractivity contribution < 1.29 is 4.39 Å². The van der Waals surface area contributed by atoms with Crippen molar-refractivity contribution in [2.45, 2.75) is 20.3 Å². The van der Waals surface area contributed by atoms with E-state index in [0.717, 1.165) is 56.2 Å². The average Bonchev–Trinajstić information content (AvgIpc) is 3.54. The van der Waals surface area contributed by atoms with Crippen LogP contribution in [0.25, 0.3) is 39.1 Å². The van der Waals surface area contributed by atoms with Gasteiger partial charge in [-0.2, -0.15) is 9.49 Å². The molecule has 7 heteroatoms. The summed E-state index contributed by atoms with van der Waals surface area (Å²) >= 11 is 1.13. The number of allylic oxidation sites excluding steroid dienone is 3. The molecular formula is C29H26FN5S. The number of fused-ring (bicyclic) bond motifs is 2. The van der Waals surface area contributed by atoms with Crippen molar-refractivity contribution in [1.29, 1.82) is 0 Å². The van der Waals surface area contributed by atoms with E-state index in [1.807, 2.05) is 18.2 Å². The van der Waals surface area contributed by atoms with Crippen LogP contribution in [0.3, 0.4) is 0 Å². The molecule has 36 heavy (non-hydrogen) atoms. The summed E-state index contributed by atoms with van der Waals surface area (Å²) in [4.78, 5) is 11.5. The Morgan fingerprint density at radius 2 is 1.89 bits per heavy atom. The molecular weight excluding hydrogens is 469 g/mol. The SMILES string of the molecule is Cc1cc(-c2cc3c(-c4nc5c([nH]4)CC=CC=C5c4ccc(F)s4)n[nH]c3cc2C)cc(N(C)C)c1. The van der Waals surface area contributed by atoms with E-state index >= 15 is 0 Å². The maximum absolute atomic E-state index is 13.8. The van der Waals surface area contributed by atoms with Gasteiger partial charge in [-0.25, -0.2) is 4.98 Å². The fourth-order valence-corrected chi connectivity index (χ4v) is 5.58. The normalized spacial score (nSPS) is 13.1. The predicted molar refractivity (Wildman–Crippen MR) is 147 cm³/mol. The average molecular weight is 496 g/mol. The molecule has 180 valence electrons. The molecule has 2 aromatic carbocycles. The first-order chi connectivity index (χ1) is 17.4. The van der Waals surface area contributed by atoms with Crippen LogP contribution in [0, 0.1) is 19.0 Å². The Bertz CT molecular complexity index is 1680. The number of halogens is 1. The Balaban J connectivity index is 1.48. The maximum atomic E-state index is 13.8. The number of anilines is 1. The molecule has 0 saturated heterocycles. The Hall–Kier alpha value is -3.97. The highest BCUT2D eigenvalue weighted by Crippen LogP contribution is 2.37. The van der Waals surface area contributed by atoms with Gasteiger partial charge in [-0.1, -0.05) is 24.3 Å². The summed E-state index contributed by atoms with van der Waals surface area (Å²) < 4.78 is 13.8. The number of hydrogen-bond donors (Lipinski definition) is 2. The molecule has 0 saturated carbocycles. The van der Waals surface area contributed by atoms with E-state index in [2.05, 4.69) is 84.4 Å². The lowest BCUT2D eigenvalue weighted by molar-refractivity contribution is 0.657. The van der Waals surface area contributed by atoms with Crippen LogP contribution in [-0.4, -0.2) is 34.3 Å². The Kier molecular flexibility index (Phi) is 5.38. The fraction of sp³-hybridized carbons (Fsp3) is 0.172. The molecule has 3 aromatic heterocycles. The lowest BCUT2D eigenvalue weighted by Crippen LogP contribution is -2.08. The largest absolute Gasteiger partial charge is 0.378 e. The van der Waals surface area contributed by atoms with Crippen LogP contribution in [0.15, 0.2) is 60.7 Å². The van der Waals surface area contributed by atoms with Crippen molar-refractivity contribution in [3.8, 4) is 22.6 Å². The van der Waals surface area contributed by atoms with Gasteiger partial charge in [0.15, 0.2) is 11.0 Å². The number of aromatic nitrogens is 4. The Labute approximate surface area is 213 Å². The Morgan fingerprint density at radius 1 is 1.03 bits per heavy atom. The number of aryl methyl sites for hydroxylation is 2. The van der Waals surface area contributed by atoms with E-state index in [4.69, 9.17) is 4.98 Å². The van der Waals surface area contributed by atoms with E-state index in [1.165, 1.54) is 34.0 Å². The number of hydrogen-bond acceptors (Lipinski definition) is 4. The number of nitrogens with zero attached hydrogens (tertiary/aromatic N) is 3. The van der Waals surface area contributed by atoms with Gasteiger partial charge < -0.3 is 9.88 Å². The molecule has 0 spiro atoms. The second-order valence-corrected chi connectivity index (χ2v) is 10.5. The van der Waals surface area contributed by atoms with Crippen molar-refractivity contribution in [2.24, 2.45) is 0 Å². The quantitative estimate of drug-likeness (QED) is 0.281. The summed E-state index contributed by atoms with van der Waals surface area (Å²) in [7, 11) is 4.12. The van der Waals surface area contributed by atoms with E-state index in [-0.39, 0.29) is 5.13 Å². The van der Waals surface area contributed by atoms with Crippen LogP contribution in [0.2, 0.25) is 0 Å². The van der Waals surface area contributed by atoms with Crippen LogP contribution in [-0.2, 0) is 6.42 Å². The smallest absolute Gasteiger partial charge is 0.176 e. The summed E-state index contributed by atoms with van der Waals surface area (Å²) in [6, 6.07) is 14.3. The van der Waals surface area contributed by atoms with Crippen LogP contribution < -0.4 is 4.90 Å². The van der Waals surface area contributed by atoms with E-state index in [9.17, 15) is 4.39 Å². The number of nitrogens with one attached hydrogen (secondary N) is 2. The highest BCUT2D eigenvalue weighted by Gasteiger charge is 2.21. The lowest BCUT2D eigenvalue weighted by Gasteiger charge is -2.16. The molecule has 0 unspecified atom stereocenters. The van der Waals surface area contributed by atoms with Crippen molar-refractivity contribution in [1.82, 2.24) is 20.2 Å². The standard InChI is InChI=1S/C29H26FN5S/c1-16-11-18(14-19(12-16)35(3)4)21-15-22-24(13-17(21)2)33-34-28(22)29-31-23-8-6-5-7-20(27(23)32-29)25-9-10-26(30)36-25/h5-7,9-15H,8H2,1-4H3,(H,31,32)(H,33,34). The minimum atomic E-state index is -0.203. The summed E-state index contributed by atoms with van der Waals surface area (Å²) in [5.41, 5.74) is 10.4. The molecule has 0 aliphatic heterocycles. The van der Waals surface area contributed by atoms with Gasteiger partial charge in [0.1, 0.15) is 5.69 Å². The Morgan fingerprint density at radius 3 is 2.67 bits per heavy atom. The van der Waals surface area contributed by atoms with E-state index in [0.29, 0.717) is 5.82 Å². The van der Waals surface area contributed by atoms with E-state index in [1.54, 1.807) is 0 Å². The fourth-order valence-electron chi connectivity index (χ4n) is 4.82. The molecule has 0 atom stereocenters. The second kappa shape index (κ2) is 8.60. The van der Waals surface area contributed by atoms with Gasteiger partial charge in [-0.05, 0) is 72.5 Å². The highest BCUT2D eigenvalue weighted by atomic mass is 32.1. The number of benzene rings is 2. The summed E-state index contributed by atoms with van der Waals surface area (Å²) in [6.45, 7) is 4.26. The topological polar surface area (TPSA) is 60.6 Å². The van der Waals surface area contributed by atoms with Crippen molar-refractivity contribution in [3.05, 3.63) is 93.2 Å².